The van der Waals surface area contributed by atoms with Gasteiger partial charge in [0.1, 0.15) is 48.2 Å². The fraction of sp³-hybridized carbons (Fsp3) is 0.500. The zero-order valence-corrected chi connectivity index (χ0v) is 17.6. The molecule has 0 aliphatic carbocycles. The Bertz CT molecular complexity index is 913. The second-order valence-corrected chi connectivity index (χ2v) is 7.47. The van der Waals surface area contributed by atoms with Crippen LogP contribution in [0.1, 0.15) is 26.5 Å². The number of nitriles is 1. The highest BCUT2D eigenvalue weighted by Gasteiger charge is 2.50. The van der Waals surface area contributed by atoms with Crippen molar-refractivity contribution in [2.45, 2.75) is 55.5 Å². The van der Waals surface area contributed by atoms with E-state index >= 15 is 0 Å². The average Bonchev–Trinajstić information content (AvgIpc) is 2.70. The van der Waals surface area contributed by atoms with Crippen LogP contribution in [0.5, 0.6) is 0 Å². The Morgan fingerprint density at radius 3 is 2.42 bits per heavy atom. The van der Waals surface area contributed by atoms with Gasteiger partial charge in [-0.15, -0.1) is 0 Å². The summed E-state index contributed by atoms with van der Waals surface area (Å²) in [6, 6.07) is 3.86. The van der Waals surface area contributed by atoms with E-state index < -0.39 is 47.7 Å². The minimum Gasteiger partial charge on any atom is -0.463 e. The molecular formula is C18H19N5O7S. The Labute approximate surface area is 181 Å². The maximum Gasteiger partial charge on any atom is 0.303 e. The van der Waals surface area contributed by atoms with Gasteiger partial charge in [0.2, 0.25) is 0 Å². The molecule has 1 aliphatic heterocycles. The van der Waals surface area contributed by atoms with Crippen LogP contribution in [0.15, 0.2) is 28.3 Å². The maximum atomic E-state index is 11.7. The van der Waals surface area contributed by atoms with Gasteiger partial charge in [-0.3, -0.25) is 14.4 Å². The third-order valence-corrected chi connectivity index (χ3v) is 5.09. The first kappa shape index (κ1) is 23.9. The number of rotatable bonds is 7. The Morgan fingerprint density at radius 1 is 1.23 bits per heavy atom. The van der Waals surface area contributed by atoms with E-state index in [2.05, 4.69) is 15.0 Å². The van der Waals surface area contributed by atoms with Crippen molar-refractivity contribution in [2.24, 2.45) is 5.11 Å². The van der Waals surface area contributed by atoms with Gasteiger partial charge in [0.05, 0.1) is 0 Å². The van der Waals surface area contributed by atoms with Crippen LogP contribution >= 0.6 is 11.8 Å². The molecule has 12 nitrogen and oxygen atoms in total. The van der Waals surface area contributed by atoms with Crippen LogP contribution in [0.4, 0.5) is 0 Å². The molecule has 1 fully saturated rings. The fourth-order valence-corrected chi connectivity index (χ4v) is 3.90. The molecule has 13 heteroatoms. The van der Waals surface area contributed by atoms with Gasteiger partial charge in [0, 0.05) is 36.8 Å². The number of carbonyl (C=O) groups excluding carboxylic acids is 3. The maximum absolute atomic E-state index is 11.7. The van der Waals surface area contributed by atoms with E-state index in [9.17, 15) is 14.4 Å². The lowest BCUT2D eigenvalue weighted by Gasteiger charge is -2.43. The summed E-state index contributed by atoms with van der Waals surface area (Å²) in [4.78, 5) is 42.0. The van der Waals surface area contributed by atoms with Gasteiger partial charge >= 0.3 is 17.9 Å². The molecule has 0 radical (unpaired) electrons. The Kier molecular flexibility index (Phi) is 8.63. The number of carbonyl (C=O) groups is 3. The number of esters is 3. The summed E-state index contributed by atoms with van der Waals surface area (Å²) in [6.45, 7) is 3.23. The molecule has 0 aromatic carbocycles. The number of pyridine rings is 1. The molecule has 0 saturated carbocycles. The molecule has 5 atom stereocenters. The predicted molar refractivity (Wildman–Crippen MR) is 104 cm³/mol. The highest BCUT2D eigenvalue weighted by molar-refractivity contribution is 7.99. The molecule has 1 aliphatic rings. The normalized spacial score (nSPS) is 24.8. The Hall–Kier alpha value is -3.33. The summed E-state index contributed by atoms with van der Waals surface area (Å²) in [5.41, 5.74) is 8.34. The van der Waals surface area contributed by atoms with E-state index in [1.54, 1.807) is 6.07 Å². The number of hydrogen-bond acceptors (Lipinski definition) is 11. The topological polar surface area (TPSA) is 174 Å². The molecule has 0 bridgehead atoms. The van der Waals surface area contributed by atoms with E-state index in [-0.39, 0.29) is 12.3 Å². The Balaban J connectivity index is 2.42. The van der Waals surface area contributed by atoms with Crippen molar-refractivity contribution >= 4 is 29.7 Å². The van der Waals surface area contributed by atoms with Gasteiger partial charge in [-0.25, -0.2) is 4.98 Å². The number of hydrogen-bond donors (Lipinski definition) is 0. The predicted octanol–water partition coefficient (Wildman–Crippen LogP) is 1.88. The van der Waals surface area contributed by atoms with Crippen molar-refractivity contribution in [3.63, 3.8) is 0 Å². The van der Waals surface area contributed by atoms with E-state index in [4.69, 9.17) is 29.7 Å². The van der Waals surface area contributed by atoms with Crippen LogP contribution in [0.3, 0.4) is 0 Å². The summed E-state index contributed by atoms with van der Waals surface area (Å²) in [5, 5.41) is 12.6. The van der Waals surface area contributed by atoms with E-state index in [1.807, 2.05) is 6.07 Å². The van der Waals surface area contributed by atoms with Crippen molar-refractivity contribution < 1.29 is 33.3 Å². The van der Waals surface area contributed by atoms with Crippen molar-refractivity contribution in [3.05, 3.63) is 34.5 Å². The molecule has 164 valence electrons. The van der Waals surface area contributed by atoms with E-state index in [0.717, 1.165) is 18.7 Å². The van der Waals surface area contributed by atoms with Crippen LogP contribution in [0, 0.1) is 11.3 Å². The van der Waals surface area contributed by atoms with Gasteiger partial charge in [-0.2, -0.15) is 5.26 Å². The van der Waals surface area contributed by atoms with Crippen LogP contribution < -0.4 is 0 Å². The molecule has 1 aromatic rings. The second-order valence-electron chi connectivity index (χ2n) is 6.30. The molecule has 3 unspecified atom stereocenters. The van der Waals surface area contributed by atoms with E-state index in [1.165, 1.54) is 26.1 Å². The largest absolute Gasteiger partial charge is 0.463 e. The first-order valence-electron chi connectivity index (χ1n) is 8.95. The van der Waals surface area contributed by atoms with Crippen LogP contribution in [0.25, 0.3) is 10.4 Å². The van der Waals surface area contributed by atoms with Gasteiger partial charge in [0.15, 0.2) is 0 Å². The minimum atomic E-state index is -1.17. The van der Waals surface area contributed by atoms with Gasteiger partial charge in [-0.05, 0) is 17.7 Å². The summed E-state index contributed by atoms with van der Waals surface area (Å²) in [6.07, 6.45) is -1.88. The molecule has 0 spiro atoms. The van der Waals surface area contributed by atoms with Crippen LogP contribution in [-0.4, -0.2) is 59.3 Å². The third-order valence-electron chi connectivity index (χ3n) is 3.96. The fourth-order valence-electron chi connectivity index (χ4n) is 2.82. The van der Waals surface area contributed by atoms with Crippen LogP contribution in [-0.2, 0) is 33.3 Å². The van der Waals surface area contributed by atoms with Crippen molar-refractivity contribution in [1.29, 1.82) is 5.26 Å². The van der Waals surface area contributed by atoms with Crippen molar-refractivity contribution in [2.75, 3.05) is 6.61 Å². The highest BCUT2D eigenvalue weighted by atomic mass is 32.2. The molecule has 0 N–H and O–H groups in total. The molecule has 31 heavy (non-hydrogen) atoms. The lowest BCUT2D eigenvalue weighted by atomic mass is 9.97. The number of azide groups is 1. The van der Waals surface area contributed by atoms with Crippen molar-refractivity contribution in [3.8, 4) is 6.07 Å². The average molecular weight is 449 g/mol. The zero-order valence-electron chi connectivity index (χ0n) is 16.8. The van der Waals surface area contributed by atoms with Crippen LogP contribution in [0.2, 0.25) is 0 Å². The SMILES string of the molecule is CC(=O)OCC1O[C@H](Sc2ccc(C#N)nc2)C(OC(C)=O)C(N=[N+]=[N-])[C@H]1OC(C)=O. The van der Waals surface area contributed by atoms with Gasteiger partial charge < -0.3 is 18.9 Å². The van der Waals surface area contributed by atoms with E-state index in [0.29, 0.717) is 4.90 Å². The smallest absolute Gasteiger partial charge is 0.303 e. The molecule has 1 aromatic heterocycles. The number of ether oxygens (including phenoxy) is 4. The second kappa shape index (κ2) is 11.2. The standard InChI is InChI=1S/C18H19N5O7S/c1-9(24)27-8-14-16(28-10(2)25)15(22-23-20)17(29-11(3)26)18(30-14)31-13-5-4-12(6-19)21-7-13/h4-5,7,14-18H,8H2,1-3H3/t14?,15?,16-,17?,18+/m0/s1. The van der Waals surface area contributed by atoms with Gasteiger partial charge in [-0.1, -0.05) is 16.9 Å². The number of aromatic nitrogens is 1. The lowest BCUT2D eigenvalue weighted by Crippen LogP contribution is -2.59. The number of nitrogens with zero attached hydrogens (tertiary/aromatic N) is 5. The molecule has 1 saturated heterocycles. The molecule has 0 amide bonds. The third kappa shape index (κ3) is 6.85. The Morgan fingerprint density at radius 2 is 1.90 bits per heavy atom. The minimum absolute atomic E-state index is 0.208. The summed E-state index contributed by atoms with van der Waals surface area (Å²) >= 11 is 1.09. The summed E-state index contributed by atoms with van der Waals surface area (Å²) < 4.78 is 21.6. The zero-order chi connectivity index (χ0) is 23.0. The van der Waals surface area contributed by atoms with Crippen molar-refractivity contribution in [1.82, 2.24) is 4.98 Å². The first-order valence-corrected chi connectivity index (χ1v) is 9.83. The molecule has 2 heterocycles. The quantitative estimate of drug-likeness (QED) is 0.196. The monoisotopic (exact) mass is 449 g/mol. The highest BCUT2D eigenvalue weighted by Crippen LogP contribution is 2.37. The first-order chi connectivity index (χ1) is 14.7. The molecule has 2 rings (SSSR count). The summed E-state index contributed by atoms with van der Waals surface area (Å²) in [5.74, 6) is -1.95. The number of thioether (sulfide) groups is 1. The lowest BCUT2D eigenvalue weighted by molar-refractivity contribution is -0.201. The van der Waals surface area contributed by atoms with Gasteiger partial charge in [0.25, 0.3) is 0 Å². The summed E-state index contributed by atoms with van der Waals surface area (Å²) in [7, 11) is 0. The molecular weight excluding hydrogens is 430 g/mol.